The molecule has 7 heteroatoms. The van der Waals surface area contributed by atoms with Crippen LogP contribution in [0.5, 0.6) is 5.75 Å². The molecule has 0 aliphatic rings. The van der Waals surface area contributed by atoms with Crippen molar-refractivity contribution in [2.75, 3.05) is 7.11 Å². The van der Waals surface area contributed by atoms with Crippen molar-refractivity contribution in [3.8, 4) is 16.3 Å². The number of aryl methyl sites for hydroxylation is 1. The predicted molar refractivity (Wildman–Crippen MR) is 117 cm³/mol. The molecule has 2 heterocycles. The third-order valence-electron chi connectivity index (χ3n) is 4.76. The number of thiazole rings is 1. The number of nitrogens with one attached hydrogen (secondary N) is 1. The molecule has 152 valence electrons. The Kier molecular flexibility index (Phi) is 5.90. The van der Waals surface area contributed by atoms with E-state index in [-0.39, 0.29) is 18.4 Å². The van der Waals surface area contributed by atoms with Crippen molar-refractivity contribution in [2.45, 2.75) is 12.5 Å². The van der Waals surface area contributed by atoms with Gasteiger partial charge in [0.05, 0.1) is 19.2 Å². The molecular weight excluding hydrogens is 396 g/mol. The van der Waals surface area contributed by atoms with Crippen LogP contribution in [0.4, 0.5) is 0 Å². The summed E-state index contributed by atoms with van der Waals surface area (Å²) in [6.07, 6.45) is 3.79. The highest BCUT2D eigenvalue weighted by Gasteiger charge is 2.22. The van der Waals surface area contributed by atoms with Gasteiger partial charge in [-0.1, -0.05) is 42.5 Å². The lowest BCUT2D eigenvalue weighted by atomic mass is 10.1. The smallest absolute Gasteiger partial charge is 0.226 e. The average Bonchev–Trinajstić information content (AvgIpc) is 3.41. The fourth-order valence-electron chi connectivity index (χ4n) is 3.25. The number of methoxy groups -OCH3 is 1. The van der Waals surface area contributed by atoms with E-state index in [1.54, 1.807) is 24.6 Å². The van der Waals surface area contributed by atoms with Crippen LogP contribution >= 0.6 is 11.3 Å². The molecule has 0 saturated heterocycles. The molecule has 6 nitrogen and oxygen atoms in total. The minimum Gasteiger partial charge on any atom is -0.497 e. The summed E-state index contributed by atoms with van der Waals surface area (Å²) in [7, 11) is 3.54. The Morgan fingerprint density at radius 2 is 2.03 bits per heavy atom. The zero-order valence-corrected chi connectivity index (χ0v) is 17.6. The number of aromatic nitrogens is 3. The Balaban J connectivity index is 1.54. The second kappa shape index (κ2) is 8.92. The van der Waals surface area contributed by atoms with Crippen LogP contribution in [-0.4, -0.2) is 27.6 Å². The number of rotatable bonds is 7. The summed E-state index contributed by atoms with van der Waals surface area (Å²) in [5.41, 5.74) is 2.71. The molecule has 1 unspecified atom stereocenters. The van der Waals surface area contributed by atoms with E-state index in [9.17, 15) is 4.79 Å². The Bertz CT molecular complexity index is 1140. The maximum Gasteiger partial charge on any atom is 0.226 e. The molecule has 0 fully saturated rings. The fraction of sp³-hybridized carbons (Fsp3) is 0.174. The third kappa shape index (κ3) is 4.41. The molecule has 4 aromatic rings. The molecular formula is C23H22N4O2S. The zero-order valence-electron chi connectivity index (χ0n) is 16.8. The van der Waals surface area contributed by atoms with Crippen molar-refractivity contribution in [2.24, 2.45) is 7.05 Å². The Hall–Kier alpha value is -3.45. The highest BCUT2D eigenvalue weighted by atomic mass is 32.1. The normalized spacial score (nSPS) is 11.8. The summed E-state index contributed by atoms with van der Waals surface area (Å²) in [5.74, 6) is 1.36. The van der Waals surface area contributed by atoms with Gasteiger partial charge >= 0.3 is 0 Å². The highest BCUT2D eigenvalue weighted by molar-refractivity contribution is 7.13. The van der Waals surface area contributed by atoms with Crippen LogP contribution in [0.25, 0.3) is 10.6 Å². The van der Waals surface area contributed by atoms with Gasteiger partial charge in [-0.15, -0.1) is 11.3 Å². The topological polar surface area (TPSA) is 69.0 Å². The largest absolute Gasteiger partial charge is 0.497 e. The average molecular weight is 419 g/mol. The van der Waals surface area contributed by atoms with Crippen LogP contribution < -0.4 is 10.1 Å². The summed E-state index contributed by atoms with van der Waals surface area (Å²) < 4.78 is 7.25. The first-order valence-electron chi connectivity index (χ1n) is 9.54. The van der Waals surface area contributed by atoms with Gasteiger partial charge in [0.1, 0.15) is 22.6 Å². The van der Waals surface area contributed by atoms with Crippen LogP contribution in [0.15, 0.2) is 72.4 Å². The van der Waals surface area contributed by atoms with E-state index in [4.69, 9.17) is 4.74 Å². The van der Waals surface area contributed by atoms with Gasteiger partial charge in [-0.25, -0.2) is 9.97 Å². The number of ether oxygens (including phenoxy) is 1. The fourth-order valence-corrected chi connectivity index (χ4v) is 4.08. The maximum absolute atomic E-state index is 12.9. The van der Waals surface area contributed by atoms with Gasteiger partial charge in [0.2, 0.25) is 5.91 Å². The number of imidazole rings is 1. The summed E-state index contributed by atoms with van der Waals surface area (Å²) in [6.45, 7) is 0. The van der Waals surface area contributed by atoms with E-state index in [2.05, 4.69) is 15.3 Å². The molecule has 30 heavy (non-hydrogen) atoms. The van der Waals surface area contributed by atoms with Gasteiger partial charge in [-0.2, -0.15) is 0 Å². The van der Waals surface area contributed by atoms with E-state index < -0.39 is 0 Å². The highest BCUT2D eigenvalue weighted by Crippen LogP contribution is 2.26. The Labute approximate surface area is 179 Å². The molecule has 1 N–H and O–H groups in total. The van der Waals surface area contributed by atoms with Crippen LogP contribution in [0.2, 0.25) is 0 Å². The van der Waals surface area contributed by atoms with Gasteiger partial charge < -0.3 is 14.6 Å². The van der Waals surface area contributed by atoms with Gasteiger partial charge in [0.15, 0.2) is 0 Å². The van der Waals surface area contributed by atoms with Gasteiger partial charge in [-0.05, 0) is 17.7 Å². The molecule has 0 bridgehead atoms. The molecule has 2 aromatic heterocycles. The van der Waals surface area contributed by atoms with Crippen molar-refractivity contribution in [1.82, 2.24) is 19.9 Å². The molecule has 1 atom stereocenters. The molecule has 0 radical (unpaired) electrons. The first-order chi connectivity index (χ1) is 14.6. The predicted octanol–water partition coefficient (Wildman–Crippen LogP) is 4.00. The quantitative estimate of drug-likeness (QED) is 0.493. The minimum absolute atomic E-state index is 0.115. The Morgan fingerprint density at radius 3 is 2.77 bits per heavy atom. The van der Waals surface area contributed by atoms with Crippen molar-refractivity contribution < 1.29 is 9.53 Å². The summed E-state index contributed by atoms with van der Waals surface area (Å²) in [4.78, 5) is 22.0. The second-order valence-electron chi connectivity index (χ2n) is 6.86. The van der Waals surface area contributed by atoms with Crippen molar-refractivity contribution in [1.29, 1.82) is 0 Å². The van der Waals surface area contributed by atoms with E-state index in [0.717, 1.165) is 33.4 Å². The Morgan fingerprint density at radius 1 is 1.20 bits per heavy atom. The van der Waals surface area contributed by atoms with E-state index in [0.29, 0.717) is 0 Å². The molecule has 4 rings (SSSR count). The molecule has 0 spiro atoms. The zero-order chi connectivity index (χ0) is 20.9. The number of carbonyl (C=O) groups excluding carboxylic acids is 1. The first-order valence-corrected chi connectivity index (χ1v) is 10.4. The number of hydrogen-bond acceptors (Lipinski definition) is 5. The molecule has 1 amide bonds. The van der Waals surface area contributed by atoms with E-state index in [1.165, 1.54) is 0 Å². The lowest BCUT2D eigenvalue weighted by Crippen LogP contribution is -2.32. The van der Waals surface area contributed by atoms with Gasteiger partial charge in [0, 0.05) is 30.4 Å². The van der Waals surface area contributed by atoms with E-state index in [1.807, 2.05) is 77.8 Å². The standard InChI is InChI=1S/C23H22N4O2S/c1-27-12-11-24-22(27)21(17-9-6-10-19(13-17)29-2)26-20(28)14-18-15-30-23(25-18)16-7-4-3-5-8-16/h3-13,15,21H,14H2,1-2H3,(H,26,28). The maximum atomic E-state index is 12.9. The van der Waals surface area contributed by atoms with Crippen LogP contribution in [0.1, 0.15) is 23.1 Å². The number of nitrogens with zero attached hydrogens (tertiary/aromatic N) is 3. The van der Waals surface area contributed by atoms with Gasteiger partial charge in [-0.3, -0.25) is 4.79 Å². The number of carbonyl (C=O) groups is 1. The monoisotopic (exact) mass is 418 g/mol. The summed E-state index contributed by atoms with van der Waals surface area (Å²) in [5, 5.41) is 5.96. The minimum atomic E-state index is -0.389. The molecule has 2 aromatic carbocycles. The van der Waals surface area contributed by atoms with Crippen LogP contribution in [0.3, 0.4) is 0 Å². The van der Waals surface area contributed by atoms with Crippen molar-refractivity contribution in [3.63, 3.8) is 0 Å². The summed E-state index contributed by atoms with van der Waals surface area (Å²) >= 11 is 1.54. The van der Waals surface area contributed by atoms with Gasteiger partial charge in [0.25, 0.3) is 0 Å². The molecule has 0 aliphatic heterocycles. The first kappa shape index (κ1) is 19.8. The molecule has 0 aliphatic carbocycles. The van der Waals surface area contributed by atoms with Crippen molar-refractivity contribution >= 4 is 17.2 Å². The summed E-state index contributed by atoms with van der Waals surface area (Å²) in [6, 6.07) is 17.2. The SMILES string of the molecule is COc1cccc(C(NC(=O)Cc2csc(-c3ccccc3)n2)c2nccn2C)c1. The number of benzene rings is 2. The van der Waals surface area contributed by atoms with Crippen molar-refractivity contribution in [3.05, 3.63) is 89.5 Å². The third-order valence-corrected chi connectivity index (χ3v) is 5.70. The lowest BCUT2D eigenvalue weighted by molar-refractivity contribution is -0.121. The number of amides is 1. The van der Waals surface area contributed by atoms with Crippen LogP contribution in [0, 0.1) is 0 Å². The van der Waals surface area contributed by atoms with E-state index >= 15 is 0 Å². The lowest BCUT2D eigenvalue weighted by Gasteiger charge is -2.19. The second-order valence-corrected chi connectivity index (χ2v) is 7.72. The molecule has 0 saturated carbocycles. The van der Waals surface area contributed by atoms with Crippen LogP contribution in [-0.2, 0) is 18.3 Å². The number of hydrogen-bond donors (Lipinski definition) is 1.